The molecule has 4 aromatic carbocycles. The first-order chi connectivity index (χ1) is 16.1. The number of rotatable bonds is 11. The van der Waals surface area contributed by atoms with E-state index in [-0.39, 0.29) is 24.8 Å². The van der Waals surface area contributed by atoms with Gasteiger partial charge in [0.05, 0.1) is 0 Å². The highest BCUT2D eigenvalue weighted by molar-refractivity contribution is 6.10. The normalized spacial score (nSPS) is 11.8. The molecule has 0 heterocycles. The third-order valence-corrected chi connectivity index (χ3v) is 5.86. The van der Waals surface area contributed by atoms with Gasteiger partial charge in [0, 0.05) is 18.5 Å². The minimum absolute atomic E-state index is 0. The molecule has 5 heteroatoms. The minimum atomic E-state index is -0.550. The largest absolute Gasteiger partial charge is 0.491 e. The van der Waals surface area contributed by atoms with E-state index in [4.69, 9.17) is 4.74 Å². The molecule has 2 N–H and O–H groups in total. The third-order valence-electron chi connectivity index (χ3n) is 5.86. The molecule has 0 radical (unpaired) electrons. The van der Waals surface area contributed by atoms with Crippen LogP contribution in [0.25, 0.3) is 21.5 Å². The molecule has 0 bridgehead atoms. The number of hydrogen-bond acceptors (Lipinski definition) is 4. The Kier molecular flexibility index (Phi) is 9.46. The van der Waals surface area contributed by atoms with Crippen LogP contribution in [-0.2, 0) is 6.42 Å². The molecule has 4 aromatic rings. The van der Waals surface area contributed by atoms with E-state index in [2.05, 4.69) is 36.5 Å². The van der Waals surface area contributed by atoms with Crippen LogP contribution < -0.4 is 10.1 Å². The summed E-state index contributed by atoms with van der Waals surface area (Å²) in [5.41, 5.74) is 1.79. The molecule has 0 aromatic heterocycles. The number of aliphatic hydroxyl groups excluding tert-OH is 1. The Morgan fingerprint density at radius 3 is 2.53 bits per heavy atom. The van der Waals surface area contributed by atoms with Gasteiger partial charge in [-0.1, -0.05) is 67.6 Å². The summed E-state index contributed by atoms with van der Waals surface area (Å²) in [5.74, 6) is 0.847. The van der Waals surface area contributed by atoms with E-state index < -0.39 is 6.10 Å². The fourth-order valence-corrected chi connectivity index (χ4v) is 4.07. The molecule has 4 rings (SSSR count). The summed E-state index contributed by atoms with van der Waals surface area (Å²) in [5, 5.41) is 17.8. The molecule has 0 aliphatic heterocycles. The number of ether oxygens (including phenoxy) is 1. The molecule has 0 aliphatic carbocycles. The molecule has 0 saturated carbocycles. The van der Waals surface area contributed by atoms with Gasteiger partial charge in [-0.15, -0.1) is 12.4 Å². The summed E-state index contributed by atoms with van der Waals surface area (Å²) in [7, 11) is 0. The Morgan fingerprint density at radius 1 is 0.941 bits per heavy atom. The lowest BCUT2D eigenvalue weighted by Gasteiger charge is -2.13. The predicted molar refractivity (Wildman–Crippen MR) is 142 cm³/mol. The zero-order chi connectivity index (χ0) is 23.0. The van der Waals surface area contributed by atoms with Gasteiger partial charge in [0.25, 0.3) is 0 Å². The van der Waals surface area contributed by atoms with Gasteiger partial charge in [-0.25, -0.2) is 0 Å². The van der Waals surface area contributed by atoms with Gasteiger partial charge in [0.15, 0.2) is 5.78 Å². The molecule has 4 nitrogen and oxygen atoms in total. The van der Waals surface area contributed by atoms with E-state index in [9.17, 15) is 9.90 Å². The van der Waals surface area contributed by atoms with E-state index in [1.807, 2.05) is 54.6 Å². The fraction of sp³-hybridized carbons (Fsp3) is 0.276. The van der Waals surface area contributed by atoms with Crippen molar-refractivity contribution in [2.45, 2.75) is 32.3 Å². The number of aliphatic hydroxyl groups is 1. The summed E-state index contributed by atoms with van der Waals surface area (Å²) < 4.78 is 5.74. The maximum atomic E-state index is 13.0. The lowest BCUT2D eigenvalue weighted by molar-refractivity contribution is 0.0983. The first kappa shape index (κ1) is 25.7. The Labute approximate surface area is 207 Å². The number of carbonyl (C=O) groups excluding carboxylic acids is 1. The predicted octanol–water partition coefficient (Wildman–Crippen LogP) is 5.97. The van der Waals surface area contributed by atoms with Gasteiger partial charge in [-0.05, 0) is 64.7 Å². The number of hydrogen-bond donors (Lipinski definition) is 2. The summed E-state index contributed by atoms with van der Waals surface area (Å²) in [6, 6.07) is 26.2. The average molecular weight is 478 g/mol. The Bertz CT molecular complexity index is 1240. The van der Waals surface area contributed by atoms with E-state index >= 15 is 0 Å². The monoisotopic (exact) mass is 477 g/mol. The van der Waals surface area contributed by atoms with Crippen LogP contribution in [0.2, 0.25) is 0 Å². The van der Waals surface area contributed by atoms with Crippen molar-refractivity contribution in [1.29, 1.82) is 0 Å². The van der Waals surface area contributed by atoms with Crippen LogP contribution in [0.15, 0.2) is 78.9 Å². The SMILES string of the molecule is CCCNCC(O)COc1cccc(CCC(=O)c2ccc3ccc4ccccc4c3c2)c1.Cl. The summed E-state index contributed by atoms with van der Waals surface area (Å²) in [6.07, 6.45) is 1.56. The van der Waals surface area contributed by atoms with Crippen LogP contribution in [0, 0.1) is 0 Å². The van der Waals surface area contributed by atoms with Crippen LogP contribution >= 0.6 is 12.4 Å². The van der Waals surface area contributed by atoms with Crippen molar-refractivity contribution in [3.63, 3.8) is 0 Å². The number of carbonyl (C=O) groups is 1. The molecule has 1 atom stereocenters. The second kappa shape index (κ2) is 12.5. The van der Waals surface area contributed by atoms with Gasteiger partial charge in [-0.2, -0.15) is 0 Å². The second-order valence-corrected chi connectivity index (χ2v) is 8.46. The molecule has 0 spiro atoms. The zero-order valence-electron chi connectivity index (χ0n) is 19.5. The second-order valence-electron chi connectivity index (χ2n) is 8.46. The Morgan fingerprint density at radius 2 is 1.71 bits per heavy atom. The highest BCUT2D eigenvalue weighted by Gasteiger charge is 2.10. The number of benzene rings is 4. The summed E-state index contributed by atoms with van der Waals surface area (Å²) >= 11 is 0. The summed E-state index contributed by atoms with van der Waals surface area (Å²) in [4.78, 5) is 13.0. The topological polar surface area (TPSA) is 58.6 Å². The first-order valence-corrected chi connectivity index (χ1v) is 11.7. The number of halogens is 1. The standard InChI is InChI=1S/C29H31NO3.ClH/c1-2-16-30-19-25(31)20-33-26-8-5-6-21(17-26)10-15-29(32)24-14-13-23-12-11-22-7-3-4-9-27(22)28(23)18-24;/h3-9,11-14,17-18,25,30-31H,2,10,15-16,19-20H2,1H3;1H. The number of fused-ring (bicyclic) bond motifs is 3. The van der Waals surface area contributed by atoms with Gasteiger partial charge >= 0.3 is 0 Å². The molecule has 0 fully saturated rings. The quantitative estimate of drug-likeness (QED) is 0.159. The van der Waals surface area contributed by atoms with Crippen LogP contribution in [0.3, 0.4) is 0 Å². The zero-order valence-corrected chi connectivity index (χ0v) is 20.3. The number of ketones is 1. The molecular weight excluding hydrogens is 446 g/mol. The third kappa shape index (κ3) is 6.57. The van der Waals surface area contributed by atoms with Gasteiger partial charge in [-0.3, -0.25) is 4.79 Å². The lowest BCUT2D eigenvalue weighted by atomic mass is 9.97. The number of aryl methyl sites for hydroxylation is 1. The maximum absolute atomic E-state index is 13.0. The highest BCUT2D eigenvalue weighted by Crippen LogP contribution is 2.27. The fourth-order valence-electron chi connectivity index (χ4n) is 4.07. The van der Waals surface area contributed by atoms with Crippen LogP contribution in [-0.4, -0.2) is 36.7 Å². The van der Waals surface area contributed by atoms with Crippen molar-refractivity contribution in [2.75, 3.05) is 19.7 Å². The van der Waals surface area contributed by atoms with Crippen molar-refractivity contribution < 1.29 is 14.6 Å². The van der Waals surface area contributed by atoms with E-state index in [0.29, 0.717) is 25.1 Å². The van der Waals surface area contributed by atoms with Gasteiger partial charge < -0.3 is 15.2 Å². The molecule has 0 amide bonds. The van der Waals surface area contributed by atoms with Crippen molar-refractivity contribution >= 4 is 39.7 Å². The van der Waals surface area contributed by atoms with E-state index in [1.54, 1.807) is 0 Å². The van der Waals surface area contributed by atoms with Gasteiger partial charge in [0.2, 0.25) is 0 Å². The summed E-state index contributed by atoms with van der Waals surface area (Å²) in [6.45, 7) is 3.73. The Hall–Kier alpha value is -2.92. The molecule has 0 aliphatic rings. The molecule has 1 unspecified atom stereocenters. The lowest BCUT2D eigenvalue weighted by Crippen LogP contribution is -2.31. The number of Topliss-reactive ketones (excluding diaryl/α,β-unsaturated/α-hetero) is 1. The van der Waals surface area contributed by atoms with Crippen LogP contribution in [0.5, 0.6) is 5.75 Å². The highest BCUT2D eigenvalue weighted by atomic mass is 35.5. The van der Waals surface area contributed by atoms with Crippen molar-refractivity contribution in [2.24, 2.45) is 0 Å². The minimum Gasteiger partial charge on any atom is -0.491 e. The smallest absolute Gasteiger partial charge is 0.163 e. The van der Waals surface area contributed by atoms with Crippen LogP contribution in [0.4, 0.5) is 0 Å². The first-order valence-electron chi connectivity index (χ1n) is 11.7. The molecule has 178 valence electrons. The van der Waals surface area contributed by atoms with Crippen molar-refractivity contribution in [1.82, 2.24) is 5.32 Å². The van der Waals surface area contributed by atoms with Crippen LogP contribution in [0.1, 0.15) is 35.7 Å². The number of nitrogens with one attached hydrogen (secondary N) is 1. The van der Waals surface area contributed by atoms with E-state index in [0.717, 1.165) is 34.9 Å². The maximum Gasteiger partial charge on any atom is 0.163 e. The molecular formula is C29H32ClNO3. The van der Waals surface area contributed by atoms with Crippen molar-refractivity contribution in [3.8, 4) is 5.75 Å². The van der Waals surface area contributed by atoms with Crippen molar-refractivity contribution in [3.05, 3.63) is 90.0 Å². The average Bonchev–Trinajstić information content (AvgIpc) is 2.86. The Balaban J connectivity index is 0.00000324. The van der Waals surface area contributed by atoms with Gasteiger partial charge in [0.1, 0.15) is 18.5 Å². The molecule has 34 heavy (non-hydrogen) atoms. The van der Waals surface area contributed by atoms with E-state index in [1.165, 1.54) is 10.8 Å². The molecule has 0 saturated heterocycles.